The molecule has 2 aromatic carbocycles. The van der Waals surface area contributed by atoms with E-state index in [0.717, 1.165) is 11.3 Å². The quantitative estimate of drug-likeness (QED) is 0.723. The molecule has 0 aliphatic carbocycles. The summed E-state index contributed by atoms with van der Waals surface area (Å²) in [6, 6.07) is 15.5. The van der Waals surface area contributed by atoms with Gasteiger partial charge in [-0.15, -0.1) is 0 Å². The number of fused-ring (bicyclic) bond motifs is 1. The summed E-state index contributed by atoms with van der Waals surface area (Å²) in [5.74, 6) is 2.40. The smallest absolute Gasteiger partial charge is 0.271 e. The van der Waals surface area contributed by atoms with Gasteiger partial charge < -0.3 is 14.0 Å². The monoisotopic (exact) mass is 294 g/mol. The van der Waals surface area contributed by atoms with Crippen molar-refractivity contribution in [3.05, 3.63) is 60.0 Å². The molecule has 1 aliphatic rings. The Balaban J connectivity index is 1.59. The van der Waals surface area contributed by atoms with E-state index in [1.165, 1.54) is 5.56 Å². The van der Waals surface area contributed by atoms with Crippen molar-refractivity contribution in [3.8, 4) is 22.9 Å². The minimum atomic E-state index is -0.387. The molecule has 1 aromatic heterocycles. The SMILES string of the molecule is Cc1ccc(-c2noc(C3COc4ccccc4O3)n2)cc1. The topological polar surface area (TPSA) is 57.4 Å². The van der Waals surface area contributed by atoms with Crippen molar-refractivity contribution in [1.82, 2.24) is 10.1 Å². The maximum absolute atomic E-state index is 5.87. The number of hydrogen-bond acceptors (Lipinski definition) is 5. The van der Waals surface area contributed by atoms with Crippen LogP contribution < -0.4 is 9.47 Å². The molecule has 4 rings (SSSR count). The van der Waals surface area contributed by atoms with Gasteiger partial charge >= 0.3 is 0 Å². The van der Waals surface area contributed by atoms with Crippen LogP contribution in [0.15, 0.2) is 53.1 Å². The van der Waals surface area contributed by atoms with Crippen LogP contribution in [0.4, 0.5) is 0 Å². The maximum Gasteiger partial charge on any atom is 0.271 e. The highest BCUT2D eigenvalue weighted by Crippen LogP contribution is 2.35. The fraction of sp³-hybridized carbons (Fsp3) is 0.176. The standard InChI is InChI=1S/C17H14N2O3/c1-11-6-8-12(9-7-11)16-18-17(22-19-16)15-10-20-13-4-2-3-5-14(13)21-15/h2-9,15H,10H2,1H3. The Morgan fingerprint density at radius 3 is 2.59 bits per heavy atom. The normalized spacial score (nSPS) is 16.5. The zero-order valence-corrected chi connectivity index (χ0v) is 12.0. The molecule has 1 unspecified atom stereocenters. The van der Waals surface area contributed by atoms with E-state index < -0.39 is 0 Å². The lowest BCUT2D eigenvalue weighted by Crippen LogP contribution is -2.21. The lowest BCUT2D eigenvalue weighted by molar-refractivity contribution is 0.0665. The molecule has 0 amide bonds. The van der Waals surface area contributed by atoms with Gasteiger partial charge in [0.2, 0.25) is 11.9 Å². The number of nitrogens with zero attached hydrogens (tertiary/aromatic N) is 2. The fourth-order valence-corrected chi connectivity index (χ4v) is 2.33. The molecule has 0 saturated carbocycles. The van der Waals surface area contributed by atoms with Crippen LogP contribution in [0.3, 0.4) is 0 Å². The molecule has 5 nitrogen and oxygen atoms in total. The predicted octanol–water partition coefficient (Wildman–Crippen LogP) is 3.56. The van der Waals surface area contributed by atoms with Crippen molar-refractivity contribution in [2.75, 3.05) is 6.61 Å². The first-order chi connectivity index (χ1) is 10.8. The van der Waals surface area contributed by atoms with Gasteiger partial charge in [0, 0.05) is 5.56 Å². The zero-order chi connectivity index (χ0) is 14.9. The Bertz CT molecular complexity index is 796. The first kappa shape index (κ1) is 12.9. The van der Waals surface area contributed by atoms with Gasteiger partial charge in [0.1, 0.15) is 6.61 Å². The molecule has 0 radical (unpaired) electrons. The van der Waals surface area contributed by atoms with Crippen molar-refractivity contribution in [1.29, 1.82) is 0 Å². The van der Waals surface area contributed by atoms with Crippen LogP contribution in [-0.2, 0) is 0 Å². The average Bonchev–Trinajstić information content (AvgIpc) is 3.05. The van der Waals surface area contributed by atoms with Gasteiger partial charge in [-0.3, -0.25) is 0 Å². The minimum Gasteiger partial charge on any atom is -0.485 e. The van der Waals surface area contributed by atoms with Gasteiger partial charge in [-0.05, 0) is 19.1 Å². The number of benzene rings is 2. The zero-order valence-electron chi connectivity index (χ0n) is 12.0. The number of hydrogen-bond donors (Lipinski definition) is 0. The number of aryl methyl sites for hydroxylation is 1. The van der Waals surface area contributed by atoms with E-state index in [0.29, 0.717) is 24.1 Å². The Morgan fingerprint density at radius 2 is 1.77 bits per heavy atom. The molecule has 0 saturated heterocycles. The summed E-state index contributed by atoms with van der Waals surface area (Å²) in [6.07, 6.45) is -0.387. The summed E-state index contributed by atoms with van der Waals surface area (Å²) in [4.78, 5) is 4.42. The molecule has 110 valence electrons. The Labute approximate surface area is 127 Å². The Hall–Kier alpha value is -2.82. The second-order valence-electron chi connectivity index (χ2n) is 5.19. The minimum absolute atomic E-state index is 0.354. The van der Waals surface area contributed by atoms with E-state index in [1.54, 1.807) is 0 Å². The average molecular weight is 294 g/mol. The van der Waals surface area contributed by atoms with E-state index >= 15 is 0 Å². The van der Waals surface area contributed by atoms with Gasteiger partial charge in [-0.25, -0.2) is 0 Å². The highest BCUT2D eigenvalue weighted by atomic mass is 16.6. The summed E-state index contributed by atoms with van der Waals surface area (Å²) in [5, 5.41) is 4.03. The lowest BCUT2D eigenvalue weighted by atomic mass is 10.1. The summed E-state index contributed by atoms with van der Waals surface area (Å²) < 4.78 is 16.9. The summed E-state index contributed by atoms with van der Waals surface area (Å²) >= 11 is 0. The van der Waals surface area contributed by atoms with Crippen molar-refractivity contribution in [2.24, 2.45) is 0 Å². The molecule has 0 fully saturated rings. The van der Waals surface area contributed by atoms with Crippen LogP contribution in [0.1, 0.15) is 17.6 Å². The van der Waals surface area contributed by atoms with Crippen molar-refractivity contribution < 1.29 is 14.0 Å². The van der Waals surface area contributed by atoms with E-state index in [1.807, 2.05) is 55.5 Å². The maximum atomic E-state index is 5.87. The molecule has 0 N–H and O–H groups in total. The fourth-order valence-electron chi connectivity index (χ4n) is 2.33. The molecule has 1 aliphatic heterocycles. The van der Waals surface area contributed by atoms with Crippen LogP contribution in [0.2, 0.25) is 0 Å². The molecule has 5 heteroatoms. The first-order valence-electron chi connectivity index (χ1n) is 7.09. The molecule has 0 spiro atoms. The van der Waals surface area contributed by atoms with Crippen molar-refractivity contribution in [2.45, 2.75) is 13.0 Å². The first-order valence-corrected chi connectivity index (χ1v) is 7.09. The lowest BCUT2D eigenvalue weighted by Gasteiger charge is -2.23. The summed E-state index contributed by atoms with van der Waals surface area (Å²) in [6.45, 7) is 2.39. The molecule has 2 heterocycles. The number of para-hydroxylation sites is 2. The second-order valence-corrected chi connectivity index (χ2v) is 5.19. The highest BCUT2D eigenvalue weighted by molar-refractivity contribution is 5.54. The van der Waals surface area contributed by atoms with Crippen molar-refractivity contribution >= 4 is 0 Å². The molecular formula is C17H14N2O3. The van der Waals surface area contributed by atoms with Gasteiger partial charge in [-0.1, -0.05) is 47.1 Å². The largest absolute Gasteiger partial charge is 0.485 e. The third-order valence-electron chi connectivity index (χ3n) is 3.54. The summed E-state index contributed by atoms with van der Waals surface area (Å²) in [5.41, 5.74) is 2.10. The molecule has 1 atom stereocenters. The molecule has 0 bridgehead atoms. The van der Waals surface area contributed by atoms with Crippen LogP contribution in [0.25, 0.3) is 11.4 Å². The third kappa shape index (κ3) is 2.30. The van der Waals surface area contributed by atoms with Crippen LogP contribution >= 0.6 is 0 Å². The van der Waals surface area contributed by atoms with Crippen LogP contribution in [0.5, 0.6) is 11.5 Å². The van der Waals surface area contributed by atoms with E-state index in [2.05, 4.69) is 10.1 Å². The van der Waals surface area contributed by atoms with Gasteiger partial charge in [0.25, 0.3) is 5.89 Å². The van der Waals surface area contributed by atoms with Gasteiger partial charge in [0.15, 0.2) is 11.5 Å². The van der Waals surface area contributed by atoms with E-state index in [9.17, 15) is 0 Å². The molecule has 22 heavy (non-hydrogen) atoms. The van der Waals surface area contributed by atoms with Crippen molar-refractivity contribution in [3.63, 3.8) is 0 Å². The third-order valence-corrected chi connectivity index (χ3v) is 3.54. The van der Waals surface area contributed by atoms with Crippen LogP contribution in [0, 0.1) is 6.92 Å². The highest BCUT2D eigenvalue weighted by Gasteiger charge is 2.27. The number of aromatic nitrogens is 2. The van der Waals surface area contributed by atoms with Crippen LogP contribution in [-0.4, -0.2) is 16.7 Å². The summed E-state index contributed by atoms with van der Waals surface area (Å²) in [7, 11) is 0. The number of rotatable bonds is 2. The molecule has 3 aromatic rings. The van der Waals surface area contributed by atoms with Gasteiger partial charge in [0.05, 0.1) is 0 Å². The van der Waals surface area contributed by atoms with E-state index in [-0.39, 0.29) is 6.10 Å². The van der Waals surface area contributed by atoms with Gasteiger partial charge in [-0.2, -0.15) is 4.98 Å². The molecular weight excluding hydrogens is 280 g/mol. The number of ether oxygens (including phenoxy) is 2. The Morgan fingerprint density at radius 1 is 1.00 bits per heavy atom. The predicted molar refractivity (Wildman–Crippen MR) is 79.8 cm³/mol. The van der Waals surface area contributed by atoms with E-state index in [4.69, 9.17) is 14.0 Å². The second kappa shape index (κ2) is 5.18. The Kier molecular flexibility index (Phi) is 3.04.